The summed E-state index contributed by atoms with van der Waals surface area (Å²) in [7, 11) is 0. The lowest BCUT2D eigenvalue weighted by Crippen LogP contribution is -2.43. The van der Waals surface area contributed by atoms with Crippen LogP contribution in [0.15, 0.2) is 24.3 Å². The zero-order valence-corrected chi connectivity index (χ0v) is 14.6. The van der Waals surface area contributed by atoms with Gasteiger partial charge in [-0.2, -0.15) is 5.26 Å². The molecule has 2 amide bonds. The number of alkyl halides is 1. The fourth-order valence-corrected chi connectivity index (χ4v) is 4.26. The lowest BCUT2D eigenvalue weighted by molar-refractivity contribution is -0.130. The van der Waals surface area contributed by atoms with Gasteiger partial charge in [-0.05, 0) is 36.1 Å². The molecule has 1 aromatic rings. The second-order valence-corrected chi connectivity index (χ2v) is 7.48. The summed E-state index contributed by atoms with van der Waals surface area (Å²) < 4.78 is 26.4. The molecule has 1 saturated carbocycles. The van der Waals surface area contributed by atoms with E-state index in [1.54, 1.807) is 4.90 Å². The Kier molecular flexibility index (Phi) is 4.56. The third kappa shape index (κ3) is 3.39. The molecule has 0 bridgehead atoms. The van der Waals surface area contributed by atoms with E-state index < -0.39 is 12.2 Å². The van der Waals surface area contributed by atoms with Crippen molar-refractivity contribution in [1.29, 1.82) is 5.26 Å². The Morgan fingerprint density at radius 2 is 1.85 bits per heavy atom. The Labute approximate surface area is 155 Å². The minimum absolute atomic E-state index is 0.0176. The van der Waals surface area contributed by atoms with Crippen LogP contribution in [0.25, 0.3) is 0 Å². The highest BCUT2D eigenvalue weighted by Crippen LogP contribution is 2.45. The summed E-state index contributed by atoms with van der Waals surface area (Å²) in [5.41, 5.74) is 0.467. The van der Waals surface area contributed by atoms with E-state index >= 15 is 0 Å². The number of rotatable bonds is 4. The normalized spacial score (nSPS) is 31.5. The second kappa shape index (κ2) is 6.89. The van der Waals surface area contributed by atoms with Crippen LogP contribution in [0.3, 0.4) is 0 Å². The van der Waals surface area contributed by atoms with E-state index in [1.807, 2.05) is 6.07 Å². The molecule has 3 fully saturated rings. The van der Waals surface area contributed by atoms with E-state index in [2.05, 4.69) is 5.32 Å². The van der Waals surface area contributed by atoms with E-state index in [0.717, 1.165) is 0 Å². The van der Waals surface area contributed by atoms with E-state index in [1.165, 1.54) is 29.2 Å². The number of benzene rings is 1. The predicted octanol–water partition coefficient (Wildman–Crippen LogP) is 0.948. The van der Waals surface area contributed by atoms with Crippen LogP contribution in [0, 0.1) is 29.0 Å². The van der Waals surface area contributed by atoms with E-state index in [9.17, 15) is 18.4 Å². The number of nitrogens with one attached hydrogen (secondary N) is 1. The van der Waals surface area contributed by atoms with Gasteiger partial charge in [0.1, 0.15) is 18.0 Å². The van der Waals surface area contributed by atoms with E-state index in [-0.39, 0.29) is 43.2 Å². The van der Waals surface area contributed by atoms with Crippen LogP contribution in [0.5, 0.6) is 0 Å². The smallest absolute Gasteiger partial charge is 0.253 e. The van der Waals surface area contributed by atoms with Gasteiger partial charge in [-0.15, -0.1) is 0 Å². The Morgan fingerprint density at radius 1 is 1.19 bits per heavy atom. The summed E-state index contributed by atoms with van der Waals surface area (Å²) in [5, 5.41) is 12.2. The first-order chi connectivity index (χ1) is 13.0. The molecule has 8 heteroatoms. The van der Waals surface area contributed by atoms with Crippen LogP contribution in [-0.2, 0) is 4.79 Å². The summed E-state index contributed by atoms with van der Waals surface area (Å²) in [5.74, 6) is -0.158. The molecule has 1 aliphatic carbocycles. The van der Waals surface area contributed by atoms with Crippen molar-refractivity contribution < 1.29 is 18.4 Å². The summed E-state index contributed by atoms with van der Waals surface area (Å²) in [6, 6.07) is 6.96. The molecule has 4 atom stereocenters. The Bertz CT molecular complexity index is 782. The van der Waals surface area contributed by atoms with Crippen molar-refractivity contribution in [1.82, 2.24) is 15.1 Å². The van der Waals surface area contributed by atoms with Crippen molar-refractivity contribution >= 4 is 11.8 Å². The number of hydrogen-bond donors (Lipinski definition) is 1. The first-order valence-electron chi connectivity index (χ1n) is 9.09. The van der Waals surface area contributed by atoms with Crippen LogP contribution in [0.4, 0.5) is 8.78 Å². The van der Waals surface area contributed by atoms with Crippen molar-refractivity contribution in [2.24, 2.45) is 11.8 Å². The molecule has 142 valence electrons. The van der Waals surface area contributed by atoms with E-state index in [0.29, 0.717) is 30.5 Å². The highest BCUT2D eigenvalue weighted by Gasteiger charge is 2.56. The third-order valence-electron chi connectivity index (χ3n) is 5.78. The Hall–Kier alpha value is -2.53. The lowest BCUT2D eigenvalue weighted by atomic mass is 10.2. The third-order valence-corrected chi connectivity index (χ3v) is 5.78. The standard InChI is InChI=1S/C19H20F2N4O2/c20-12-3-1-11(2-4-12)19(27)24-9-15-16(10-24)18(15)23-7-17(26)25-8-13(21)5-14(25)6-22/h1-4,13-16,18,23H,5,7-10H2/t13-,14-,15?,16?,18?/m0/s1. The van der Waals surface area contributed by atoms with E-state index in [4.69, 9.17) is 5.26 Å². The largest absolute Gasteiger partial charge is 0.338 e. The molecule has 0 aromatic heterocycles. The van der Waals surface area contributed by atoms with Crippen LogP contribution in [0.1, 0.15) is 16.8 Å². The van der Waals surface area contributed by atoms with Gasteiger partial charge in [0.15, 0.2) is 0 Å². The van der Waals surface area contributed by atoms with Gasteiger partial charge >= 0.3 is 0 Å². The summed E-state index contributed by atoms with van der Waals surface area (Å²) in [4.78, 5) is 27.7. The number of piperidine rings is 1. The molecule has 1 aromatic carbocycles. The van der Waals surface area contributed by atoms with Crippen molar-refractivity contribution in [2.75, 3.05) is 26.2 Å². The van der Waals surface area contributed by atoms with Crippen LogP contribution >= 0.6 is 0 Å². The van der Waals surface area contributed by atoms with Gasteiger partial charge in [-0.3, -0.25) is 9.59 Å². The molecule has 4 rings (SSSR count). The quantitative estimate of drug-likeness (QED) is 0.851. The van der Waals surface area contributed by atoms with Crippen molar-refractivity contribution in [3.05, 3.63) is 35.6 Å². The molecule has 0 radical (unpaired) electrons. The monoisotopic (exact) mass is 374 g/mol. The first-order valence-corrected chi connectivity index (χ1v) is 9.09. The summed E-state index contributed by atoms with van der Waals surface area (Å²) in [6.07, 6.45) is -1.05. The van der Waals surface area contributed by atoms with Crippen molar-refractivity contribution in [3.8, 4) is 6.07 Å². The number of carbonyl (C=O) groups excluding carboxylic acids is 2. The topological polar surface area (TPSA) is 76.4 Å². The minimum atomic E-state index is -1.13. The molecule has 2 aliphatic heterocycles. The highest BCUT2D eigenvalue weighted by molar-refractivity contribution is 5.94. The van der Waals surface area contributed by atoms with Crippen LogP contribution in [-0.4, -0.2) is 66.0 Å². The Morgan fingerprint density at radius 3 is 2.48 bits per heavy atom. The lowest BCUT2D eigenvalue weighted by Gasteiger charge is -2.22. The molecule has 1 N–H and O–H groups in total. The number of nitrogens with zero attached hydrogens (tertiary/aromatic N) is 3. The van der Waals surface area contributed by atoms with Crippen LogP contribution < -0.4 is 5.32 Å². The molecule has 3 aliphatic rings. The van der Waals surface area contributed by atoms with Crippen molar-refractivity contribution in [2.45, 2.75) is 24.7 Å². The first kappa shape index (κ1) is 17.9. The van der Waals surface area contributed by atoms with Gasteiger partial charge in [-0.1, -0.05) is 0 Å². The molecule has 27 heavy (non-hydrogen) atoms. The summed E-state index contributed by atoms with van der Waals surface area (Å²) in [6.45, 7) is 1.26. The zero-order chi connectivity index (χ0) is 19.1. The molecular weight excluding hydrogens is 354 g/mol. The maximum atomic E-state index is 13.4. The molecule has 2 heterocycles. The molecule has 2 saturated heterocycles. The van der Waals surface area contributed by atoms with Gasteiger partial charge in [-0.25, -0.2) is 8.78 Å². The zero-order valence-electron chi connectivity index (χ0n) is 14.6. The van der Waals surface area contributed by atoms with Gasteiger partial charge in [0, 0.05) is 31.1 Å². The minimum Gasteiger partial charge on any atom is -0.338 e. The van der Waals surface area contributed by atoms with Gasteiger partial charge in [0.05, 0.1) is 19.2 Å². The number of amides is 2. The van der Waals surface area contributed by atoms with Gasteiger partial charge in [0.25, 0.3) is 5.91 Å². The number of hydrogen-bond acceptors (Lipinski definition) is 4. The average molecular weight is 374 g/mol. The van der Waals surface area contributed by atoms with Gasteiger partial charge in [0.2, 0.25) is 5.91 Å². The molecule has 6 nitrogen and oxygen atoms in total. The summed E-state index contributed by atoms with van der Waals surface area (Å²) >= 11 is 0. The number of likely N-dealkylation sites (tertiary alicyclic amines) is 2. The Balaban J connectivity index is 1.25. The van der Waals surface area contributed by atoms with Gasteiger partial charge < -0.3 is 15.1 Å². The number of nitriles is 1. The maximum absolute atomic E-state index is 13.4. The highest BCUT2D eigenvalue weighted by atomic mass is 19.1. The molecule has 0 spiro atoms. The number of halogens is 2. The number of carbonyl (C=O) groups is 2. The number of fused-ring (bicyclic) bond motifs is 1. The van der Waals surface area contributed by atoms with Crippen molar-refractivity contribution in [3.63, 3.8) is 0 Å². The second-order valence-electron chi connectivity index (χ2n) is 7.48. The molecule has 2 unspecified atom stereocenters. The average Bonchev–Trinajstić information content (AvgIpc) is 3.00. The fourth-order valence-electron chi connectivity index (χ4n) is 4.26. The maximum Gasteiger partial charge on any atom is 0.253 e. The predicted molar refractivity (Wildman–Crippen MR) is 91.7 cm³/mol. The molecular formula is C19H20F2N4O2. The SMILES string of the molecule is N#C[C@@H]1C[C@H](F)CN1C(=O)CNC1C2CN(C(=O)c3ccc(F)cc3)CC21. The van der Waals surface area contributed by atoms with Crippen LogP contribution in [0.2, 0.25) is 0 Å². The fraction of sp³-hybridized carbons (Fsp3) is 0.526.